The summed E-state index contributed by atoms with van der Waals surface area (Å²) in [4.78, 5) is 0. The van der Waals surface area contributed by atoms with Crippen molar-refractivity contribution < 1.29 is 9.47 Å². The van der Waals surface area contributed by atoms with E-state index in [1.54, 1.807) is 0 Å². The molecule has 0 aliphatic rings. The lowest BCUT2D eigenvalue weighted by molar-refractivity contribution is 0.275. The van der Waals surface area contributed by atoms with Crippen LogP contribution in [0.5, 0.6) is 11.5 Å². The van der Waals surface area contributed by atoms with E-state index in [9.17, 15) is 0 Å². The lowest BCUT2D eigenvalue weighted by Crippen LogP contribution is -2.14. The van der Waals surface area contributed by atoms with E-state index in [0.717, 1.165) is 41.9 Å². The highest BCUT2D eigenvalue weighted by Crippen LogP contribution is 2.37. The minimum absolute atomic E-state index is 0.640. The average Bonchev–Trinajstić information content (AvgIpc) is 2.38. The second kappa shape index (κ2) is 9.21. The molecule has 0 saturated carbocycles. The zero-order chi connectivity index (χ0) is 14.1. The SMILES string of the molecule is CCCNCc1cc(Br)c(OCCC)c(OCC)c1. The number of benzene rings is 1. The smallest absolute Gasteiger partial charge is 0.175 e. The van der Waals surface area contributed by atoms with E-state index in [1.807, 2.05) is 6.92 Å². The van der Waals surface area contributed by atoms with Gasteiger partial charge in [-0.25, -0.2) is 0 Å². The summed E-state index contributed by atoms with van der Waals surface area (Å²) in [5.41, 5.74) is 1.20. The van der Waals surface area contributed by atoms with Gasteiger partial charge in [-0.05, 0) is 59.9 Å². The van der Waals surface area contributed by atoms with Crippen molar-refractivity contribution in [1.82, 2.24) is 5.32 Å². The Labute approximate surface area is 124 Å². The Hall–Kier alpha value is -0.740. The molecule has 0 spiro atoms. The fourth-order valence-corrected chi connectivity index (χ4v) is 2.34. The highest BCUT2D eigenvalue weighted by atomic mass is 79.9. The summed E-state index contributed by atoms with van der Waals surface area (Å²) in [6.45, 7) is 9.45. The minimum atomic E-state index is 0.640. The average molecular weight is 330 g/mol. The largest absolute Gasteiger partial charge is 0.490 e. The van der Waals surface area contributed by atoms with Crippen molar-refractivity contribution in [1.29, 1.82) is 0 Å². The van der Waals surface area contributed by atoms with Crippen molar-refractivity contribution in [2.45, 2.75) is 40.2 Å². The molecule has 1 aromatic rings. The van der Waals surface area contributed by atoms with Crippen molar-refractivity contribution in [2.75, 3.05) is 19.8 Å². The van der Waals surface area contributed by atoms with Crippen molar-refractivity contribution in [3.8, 4) is 11.5 Å². The van der Waals surface area contributed by atoms with Crippen LogP contribution in [0.3, 0.4) is 0 Å². The maximum Gasteiger partial charge on any atom is 0.175 e. The lowest BCUT2D eigenvalue weighted by Gasteiger charge is -2.15. The summed E-state index contributed by atoms with van der Waals surface area (Å²) in [7, 11) is 0. The molecule has 0 unspecified atom stereocenters. The van der Waals surface area contributed by atoms with Crippen LogP contribution < -0.4 is 14.8 Å². The van der Waals surface area contributed by atoms with Crippen LogP contribution in [0.2, 0.25) is 0 Å². The van der Waals surface area contributed by atoms with Crippen LogP contribution in [0.1, 0.15) is 39.2 Å². The summed E-state index contributed by atoms with van der Waals surface area (Å²) in [5, 5.41) is 3.39. The molecule has 0 heterocycles. The van der Waals surface area contributed by atoms with E-state index in [4.69, 9.17) is 9.47 Å². The van der Waals surface area contributed by atoms with Crippen molar-refractivity contribution in [2.24, 2.45) is 0 Å². The Morgan fingerprint density at radius 3 is 2.53 bits per heavy atom. The summed E-state index contributed by atoms with van der Waals surface area (Å²) in [6.07, 6.45) is 2.12. The first-order valence-corrected chi connectivity index (χ1v) is 7.80. The van der Waals surface area contributed by atoms with Gasteiger partial charge in [0.25, 0.3) is 0 Å². The molecule has 0 fully saturated rings. The summed E-state index contributed by atoms with van der Waals surface area (Å²) < 4.78 is 12.4. The number of hydrogen-bond donors (Lipinski definition) is 1. The van der Waals surface area contributed by atoms with E-state index < -0.39 is 0 Å². The van der Waals surface area contributed by atoms with Gasteiger partial charge in [0.05, 0.1) is 17.7 Å². The number of nitrogens with one attached hydrogen (secondary N) is 1. The van der Waals surface area contributed by atoms with Gasteiger partial charge in [-0.2, -0.15) is 0 Å². The molecule has 108 valence electrons. The zero-order valence-corrected chi connectivity index (χ0v) is 13.7. The maximum absolute atomic E-state index is 5.76. The summed E-state index contributed by atoms with van der Waals surface area (Å²) in [6, 6.07) is 4.15. The Morgan fingerprint density at radius 2 is 1.89 bits per heavy atom. The molecule has 0 bridgehead atoms. The van der Waals surface area contributed by atoms with Crippen LogP contribution in [0.25, 0.3) is 0 Å². The van der Waals surface area contributed by atoms with Crippen LogP contribution in [0.4, 0.5) is 0 Å². The molecule has 3 nitrogen and oxygen atoms in total. The number of hydrogen-bond acceptors (Lipinski definition) is 3. The predicted octanol–water partition coefficient (Wildman–Crippen LogP) is 4.14. The van der Waals surface area contributed by atoms with Crippen molar-refractivity contribution in [3.05, 3.63) is 22.2 Å². The first kappa shape index (κ1) is 16.3. The molecule has 0 aromatic heterocycles. The van der Waals surface area contributed by atoms with E-state index in [1.165, 1.54) is 5.56 Å². The maximum atomic E-state index is 5.76. The normalized spacial score (nSPS) is 10.5. The second-order valence-electron chi connectivity index (χ2n) is 4.36. The number of halogens is 1. The molecule has 1 aromatic carbocycles. The van der Waals surface area contributed by atoms with Crippen LogP contribution in [0.15, 0.2) is 16.6 Å². The fraction of sp³-hybridized carbons (Fsp3) is 0.600. The highest BCUT2D eigenvalue weighted by molar-refractivity contribution is 9.10. The third kappa shape index (κ3) is 5.41. The molecule has 4 heteroatoms. The highest BCUT2D eigenvalue weighted by Gasteiger charge is 2.11. The number of rotatable bonds is 9. The Kier molecular flexibility index (Phi) is 7.91. The van der Waals surface area contributed by atoms with Crippen LogP contribution in [-0.4, -0.2) is 19.8 Å². The fourth-order valence-electron chi connectivity index (χ4n) is 1.74. The van der Waals surface area contributed by atoms with Gasteiger partial charge >= 0.3 is 0 Å². The molecule has 0 atom stereocenters. The molecular weight excluding hydrogens is 306 g/mol. The zero-order valence-electron chi connectivity index (χ0n) is 12.1. The van der Waals surface area contributed by atoms with Gasteiger partial charge in [0.15, 0.2) is 11.5 Å². The van der Waals surface area contributed by atoms with Gasteiger partial charge in [-0.1, -0.05) is 13.8 Å². The molecule has 0 saturated heterocycles. The van der Waals surface area contributed by atoms with Crippen molar-refractivity contribution >= 4 is 15.9 Å². The van der Waals surface area contributed by atoms with E-state index in [0.29, 0.717) is 13.2 Å². The topological polar surface area (TPSA) is 30.5 Å². The quantitative estimate of drug-likeness (QED) is 0.691. The minimum Gasteiger partial charge on any atom is -0.490 e. The molecule has 0 aliphatic heterocycles. The van der Waals surface area contributed by atoms with Gasteiger partial charge in [0.1, 0.15) is 0 Å². The third-order valence-corrected chi connectivity index (χ3v) is 3.16. The second-order valence-corrected chi connectivity index (χ2v) is 5.22. The molecule has 1 N–H and O–H groups in total. The summed E-state index contributed by atoms with van der Waals surface area (Å²) in [5.74, 6) is 1.63. The van der Waals surface area contributed by atoms with E-state index in [-0.39, 0.29) is 0 Å². The van der Waals surface area contributed by atoms with Crippen LogP contribution in [0, 0.1) is 0 Å². The third-order valence-electron chi connectivity index (χ3n) is 2.58. The van der Waals surface area contributed by atoms with Gasteiger partial charge in [0, 0.05) is 6.54 Å². The van der Waals surface area contributed by atoms with Gasteiger partial charge in [-0.15, -0.1) is 0 Å². The first-order valence-electron chi connectivity index (χ1n) is 7.01. The molecule has 0 amide bonds. The van der Waals surface area contributed by atoms with E-state index >= 15 is 0 Å². The van der Waals surface area contributed by atoms with Gasteiger partial charge in [-0.3, -0.25) is 0 Å². The Balaban J connectivity index is 2.86. The van der Waals surface area contributed by atoms with Gasteiger partial charge in [0.2, 0.25) is 0 Å². The van der Waals surface area contributed by atoms with E-state index in [2.05, 4.69) is 47.2 Å². The standard InChI is InChI=1S/C15H24BrNO2/c1-4-7-17-11-12-9-13(16)15(19-8-5-2)14(10-12)18-6-3/h9-10,17H,4-8,11H2,1-3H3. The van der Waals surface area contributed by atoms with Crippen molar-refractivity contribution in [3.63, 3.8) is 0 Å². The summed E-state index contributed by atoms with van der Waals surface area (Å²) >= 11 is 3.57. The first-order chi connectivity index (χ1) is 9.22. The number of ether oxygens (including phenoxy) is 2. The Bertz CT molecular complexity index is 383. The van der Waals surface area contributed by atoms with Crippen LogP contribution in [-0.2, 0) is 6.54 Å². The molecule has 1 rings (SSSR count). The molecular formula is C15H24BrNO2. The lowest BCUT2D eigenvalue weighted by atomic mass is 10.2. The predicted molar refractivity (Wildman–Crippen MR) is 83.1 cm³/mol. The van der Waals surface area contributed by atoms with Gasteiger partial charge < -0.3 is 14.8 Å². The monoisotopic (exact) mass is 329 g/mol. The molecule has 0 aliphatic carbocycles. The van der Waals surface area contributed by atoms with Crippen LogP contribution >= 0.6 is 15.9 Å². The Morgan fingerprint density at radius 1 is 1.11 bits per heavy atom. The molecule has 19 heavy (non-hydrogen) atoms. The molecule has 0 radical (unpaired) electrons.